The highest BCUT2D eigenvalue weighted by molar-refractivity contribution is 7.99. The van der Waals surface area contributed by atoms with Crippen molar-refractivity contribution >= 4 is 28.4 Å². The van der Waals surface area contributed by atoms with Crippen LogP contribution in [0.4, 0.5) is 10.1 Å². The molecule has 0 aliphatic carbocycles. The van der Waals surface area contributed by atoms with Crippen molar-refractivity contribution in [3.8, 4) is 5.75 Å². The van der Waals surface area contributed by atoms with Crippen LogP contribution in [0, 0.1) is 5.82 Å². The summed E-state index contributed by atoms with van der Waals surface area (Å²) in [5, 5.41) is 2.08. The quantitative estimate of drug-likeness (QED) is 0.715. The fourth-order valence-corrected chi connectivity index (χ4v) is 2.94. The van der Waals surface area contributed by atoms with Gasteiger partial charge in [-0.2, -0.15) is 0 Å². The molecular weight excluding hydrogens is 275 g/mol. The number of para-hydroxylation sites is 1. The molecule has 0 unspecified atom stereocenters. The van der Waals surface area contributed by atoms with Crippen molar-refractivity contribution in [2.24, 2.45) is 0 Å². The van der Waals surface area contributed by atoms with E-state index in [0.29, 0.717) is 5.69 Å². The van der Waals surface area contributed by atoms with E-state index in [2.05, 4.69) is 4.98 Å². The number of nitrogens with two attached hydrogens (primary N) is 1. The van der Waals surface area contributed by atoms with E-state index in [-0.39, 0.29) is 5.75 Å². The number of halogens is 1. The Morgan fingerprint density at radius 2 is 2.00 bits per heavy atom. The lowest BCUT2D eigenvalue weighted by molar-refractivity contribution is 0.385. The minimum absolute atomic E-state index is 0.192. The largest absolute Gasteiger partial charge is 0.494 e. The molecule has 0 saturated carbocycles. The smallest absolute Gasteiger partial charge is 0.167 e. The minimum Gasteiger partial charge on any atom is -0.494 e. The number of H-pyrrole nitrogens is 1. The fourth-order valence-electron chi connectivity index (χ4n) is 2.02. The van der Waals surface area contributed by atoms with E-state index in [1.165, 1.54) is 24.9 Å². The zero-order chi connectivity index (χ0) is 14.1. The van der Waals surface area contributed by atoms with Crippen LogP contribution in [0.15, 0.2) is 52.4 Å². The number of aromatic nitrogens is 1. The molecule has 3 nitrogen and oxygen atoms in total. The number of aromatic amines is 1. The first-order valence-electron chi connectivity index (χ1n) is 6.06. The summed E-state index contributed by atoms with van der Waals surface area (Å²) in [7, 11) is 1.44. The number of ether oxygens (including phenoxy) is 1. The zero-order valence-corrected chi connectivity index (χ0v) is 11.6. The van der Waals surface area contributed by atoms with Gasteiger partial charge < -0.3 is 15.5 Å². The number of hydrogen-bond acceptors (Lipinski definition) is 3. The van der Waals surface area contributed by atoms with Crippen LogP contribution in [0.25, 0.3) is 10.9 Å². The summed E-state index contributed by atoms with van der Waals surface area (Å²) in [5.41, 5.74) is 7.31. The molecule has 0 spiro atoms. The Morgan fingerprint density at radius 3 is 2.75 bits per heavy atom. The van der Waals surface area contributed by atoms with Gasteiger partial charge in [-0.3, -0.25) is 0 Å². The van der Waals surface area contributed by atoms with Crippen LogP contribution in [-0.2, 0) is 0 Å². The molecule has 102 valence electrons. The van der Waals surface area contributed by atoms with Crippen molar-refractivity contribution in [2.75, 3.05) is 12.8 Å². The lowest BCUT2D eigenvalue weighted by atomic mass is 10.3. The van der Waals surface area contributed by atoms with Gasteiger partial charge in [0.25, 0.3) is 0 Å². The molecule has 0 fully saturated rings. The van der Waals surface area contributed by atoms with Gasteiger partial charge in [0.15, 0.2) is 11.6 Å². The molecule has 20 heavy (non-hydrogen) atoms. The second-order valence-electron chi connectivity index (χ2n) is 4.35. The summed E-state index contributed by atoms with van der Waals surface area (Å²) < 4.78 is 18.5. The topological polar surface area (TPSA) is 51.0 Å². The van der Waals surface area contributed by atoms with Gasteiger partial charge in [0, 0.05) is 27.6 Å². The summed E-state index contributed by atoms with van der Waals surface area (Å²) in [6.45, 7) is 0. The predicted octanol–water partition coefficient (Wildman–Crippen LogP) is 4.05. The summed E-state index contributed by atoms with van der Waals surface area (Å²) >= 11 is 1.45. The van der Waals surface area contributed by atoms with Crippen LogP contribution in [-0.4, -0.2) is 12.1 Å². The van der Waals surface area contributed by atoms with Gasteiger partial charge in [0.1, 0.15) is 0 Å². The Balaban J connectivity index is 1.98. The van der Waals surface area contributed by atoms with Gasteiger partial charge in [-0.05, 0) is 18.2 Å². The van der Waals surface area contributed by atoms with E-state index in [1.807, 2.05) is 30.3 Å². The number of anilines is 1. The monoisotopic (exact) mass is 288 g/mol. The average molecular weight is 288 g/mol. The Kier molecular flexibility index (Phi) is 3.28. The van der Waals surface area contributed by atoms with E-state index in [1.54, 1.807) is 6.07 Å². The molecule has 0 saturated heterocycles. The summed E-state index contributed by atoms with van der Waals surface area (Å²) in [4.78, 5) is 4.06. The molecule has 1 aromatic heterocycles. The molecule has 3 N–H and O–H groups in total. The highest BCUT2D eigenvalue weighted by Gasteiger charge is 2.11. The lowest BCUT2D eigenvalue weighted by Crippen LogP contribution is -1.94. The first-order chi connectivity index (χ1) is 9.67. The minimum atomic E-state index is -0.453. The first-order valence-corrected chi connectivity index (χ1v) is 6.87. The maximum Gasteiger partial charge on any atom is 0.167 e. The highest BCUT2D eigenvalue weighted by Crippen LogP contribution is 2.36. The van der Waals surface area contributed by atoms with Crippen molar-refractivity contribution in [3.05, 3.63) is 48.3 Å². The van der Waals surface area contributed by atoms with Gasteiger partial charge >= 0.3 is 0 Å². The molecule has 0 aliphatic heterocycles. The maximum atomic E-state index is 13.5. The van der Waals surface area contributed by atoms with Crippen LogP contribution >= 0.6 is 11.8 Å². The Labute approximate surface area is 119 Å². The molecule has 3 rings (SSSR count). The molecule has 3 aromatic rings. The number of benzene rings is 2. The van der Waals surface area contributed by atoms with Gasteiger partial charge in [0.05, 0.1) is 12.1 Å². The van der Waals surface area contributed by atoms with Gasteiger partial charge in [-0.15, -0.1) is 0 Å². The van der Waals surface area contributed by atoms with Crippen LogP contribution in [0.3, 0.4) is 0 Å². The highest BCUT2D eigenvalue weighted by atomic mass is 32.2. The number of methoxy groups -OCH3 is 1. The predicted molar refractivity (Wildman–Crippen MR) is 79.8 cm³/mol. The van der Waals surface area contributed by atoms with E-state index >= 15 is 0 Å². The van der Waals surface area contributed by atoms with E-state index < -0.39 is 5.82 Å². The second-order valence-corrected chi connectivity index (χ2v) is 5.43. The number of fused-ring (bicyclic) bond motifs is 1. The lowest BCUT2D eigenvalue weighted by Gasteiger charge is -2.08. The molecule has 2 aromatic carbocycles. The van der Waals surface area contributed by atoms with Crippen molar-refractivity contribution in [2.45, 2.75) is 9.92 Å². The van der Waals surface area contributed by atoms with E-state index in [9.17, 15) is 4.39 Å². The van der Waals surface area contributed by atoms with E-state index in [0.717, 1.165) is 20.8 Å². The van der Waals surface area contributed by atoms with Crippen molar-refractivity contribution in [1.82, 2.24) is 4.98 Å². The average Bonchev–Trinajstić information content (AvgIpc) is 2.84. The second kappa shape index (κ2) is 5.09. The molecule has 0 amide bonds. The Bertz CT molecular complexity index is 737. The SMILES string of the molecule is COc1cc(Sc2cc3ccccc3[nH]2)c(N)cc1F. The standard InChI is InChI=1S/C15H13FN2OS/c1-19-13-8-14(11(17)7-10(13)16)20-15-6-9-4-2-3-5-12(9)18-15/h2-8,18H,17H2,1H3. The number of nitrogens with one attached hydrogen (secondary N) is 1. The number of rotatable bonds is 3. The Morgan fingerprint density at radius 1 is 1.20 bits per heavy atom. The first kappa shape index (κ1) is 12.9. The van der Waals surface area contributed by atoms with Crippen LogP contribution in [0.5, 0.6) is 5.75 Å². The molecular formula is C15H13FN2OS. The molecule has 0 aliphatic rings. The normalized spacial score (nSPS) is 10.9. The summed E-state index contributed by atoms with van der Waals surface area (Å²) in [6.07, 6.45) is 0. The molecule has 0 atom stereocenters. The van der Waals surface area contributed by atoms with Gasteiger partial charge in [-0.25, -0.2) is 4.39 Å². The molecule has 5 heteroatoms. The van der Waals surface area contributed by atoms with Crippen LogP contribution < -0.4 is 10.5 Å². The van der Waals surface area contributed by atoms with Crippen LogP contribution in [0.2, 0.25) is 0 Å². The molecule has 0 radical (unpaired) electrons. The zero-order valence-electron chi connectivity index (χ0n) is 10.8. The summed E-state index contributed by atoms with van der Waals surface area (Å²) in [6, 6.07) is 12.9. The third-order valence-corrected chi connectivity index (χ3v) is 4.02. The van der Waals surface area contributed by atoms with Crippen LogP contribution in [0.1, 0.15) is 0 Å². The molecule has 0 bridgehead atoms. The molecule has 1 heterocycles. The van der Waals surface area contributed by atoms with Crippen molar-refractivity contribution in [1.29, 1.82) is 0 Å². The number of hydrogen-bond donors (Lipinski definition) is 2. The third-order valence-electron chi connectivity index (χ3n) is 3.01. The third kappa shape index (κ3) is 2.32. The van der Waals surface area contributed by atoms with Crippen molar-refractivity contribution in [3.63, 3.8) is 0 Å². The summed E-state index contributed by atoms with van der Waals surface area (Å²) in [5.74, 6) is -0.260. The van der Waals surface area contributed by atoms with Crippen molar-refractivity contribution < 1.29 is 9.13 Å². The number of nitrogen functional groups attached to an aromatic ring is 1. The fraction of sp³-hybridized carbons (Fsp3) is 0.0667. The van der Waals surface area contributed by atoms with Gasteiger partial charge in [-0.1, -0.05) is 30.0 Å². The van der Waals surface area contributed by atoms with E-state index in [4.69, 9.17) is 10.5 Å². The van der Waals surface area contributed by atoms with Gasteiger partial charge in [0.2, 0.25) is 0 Å². The Hall–Kier alpha value is -2.14. The maximum absolute atomic E-state index is 13.5.